The normalized spacial score (nSPS) is 12.1. The van der Waals surface area contributed by atoms with Crippen LogP contribution in [0.1, 0.15) is 12.5 Å². The molecule has 0 aliphatic carbocycles. The van der Waals surface area contributed by atoms with Gasteiger partial charge in [-0.15, -0.1) is 0 Å². The number of nitrogens with zero attached hydrogens (tertiary/aromatic N) is 1. The zero-order chi connectivity index (χ0) is 15.1. The van der Waals surface area contributed by atoms with Crippen LogP contribution in [0.5, 0.6) is 0 Å². The van der Waals surface area contributed by atoms with Crippen LogP contribution in [0.2, 0.25) is 0 Å². The second-order valence-corrected chi connectivity index (χ2v) is 5.30. The van der Waals surface area contributed by atoms with Crippen LogP contribution in [0, 0.1) is 0 Å². The van der Waals surface area contributed by atoms with Gasteiger partial charge in [-0.05, 0) is 36.8 Å². The van der Waals surface area contributed by atoms with E-state index in [1.54, 1.807) is 13.1 Å². The molecule has 1 amide bonds. The lowest BCUT2D eigenvalue weighted by Gasteiger charge is -2.10. The molecule has 1 atom stereocenters. The van der Waals surface area contributed by atoms with E-state index < -0.39 is 6.10 Å². The van der Waals surface area contributed by atoms with Crippen molar-refractivity contribution in [2.75, 3.05) is 5.32 Å². The minimum absolute atomic E-state index is 0.248. The van der Waals surface area contributed by atoms with Crippen molar-refractivity contribution in [3.05, 3.63) is 64.6 Å². The number of benzene rings is 2. The molecule has 0 aliphatic heterocycles. The van der Waals surface area contributed by atoms with Gasteiger partial charge in [0.25, 0.3) is 5.91 Å². The average Bonchev–Trinajstić information content (AvgIpc) is 2.50. The molecule has 0 saturated heterocycles. The van der Waals surface area contributed by atoms with Crippen LogP contribution in [-0.2, 0) is 9.63 Å². The van der Waals surface area contributed by atoms with Crippen molar-refractivity contribution in [3.63, 3.8) is 0 Å². The molecule has 0 spiro atoms. The summed E-state index contributed by atoms with van der Waals surface area (Å²) in [6.45, 7) is 1.65. The molecule has 2 aromatic rings. The first kappa shape index (κ1) is 15.3. The largest absolute Gasteiger partial charge is 0.383 e. The van der Waals surface area contributed by atoms with Crippen LogP contribution >= 0.6 is 15.9 Å². The molecule has 0 heterocycles. The summed E-state index contributed by atoms with van der Waals surface area (Å²) in [5.74, 6) is -0.248. The SMILES string of the molecule is C[C@@H](O/N=C\c1ccccc1)C(=O)Nc1ccc(Br)cc1. The maximum Gasteiger partial charge on any atom is 0.267 e. The van der Waals surface area contributed by atoms with Crippen LogP contribution in [0.25, 0.3) is 0 Å². The van der Waals surface area contributed by atoms with Crippen molar-refractivity contribution < 1.29 is 9.63 Å². The summed E-state index contributed by atoms with van der Waals surface area (Å²) in [6.07, 6.45) is 0.900. The molecule has 0 bridgehead atoms. The molecule has 0 fully saturated rings. The maximum absolute atomic E-state index is 11.9. The highest BCUT2D eigenvalue weighted by molar-refractivity contribution is 9.10. The first-order valence-electron chi connectivity index (χ1n) is 6.46. The third-order valence-electron chi connectivity index (χ3n) is 2.70. The molecule has 108 valence electrons. The van der Waals surface area contributed by atoms with Gasteiger partial charge in [0.05, 0.1) is 6.21 Å². The molecular weight excluding hydrogens is 332 g/mol. The minimum atomic E-state index is -0.673. The van der Waals surface area contributed by atoms with Crippen molar-refractivity contribution in [1.82, 2.24) is 0 Å². The Labute approximate surface area is 131 Å². The number of halogens is 1. The van der Waals surface area contributed by atoms with Crippen molar-refractivity contribution >= 4 is 33.7 Å². The van der Waals surface area contributed by atoms with Crippen LogP contribution in [0.4, 0.5) is 5.69 Å². The standard InChI is InChI=1S/C16H15BrN2O2/c1-12(21-18-11-13-5-3-2-4-6-13)16(20)19-15-9-7-14(17)8-10-15/h2-12H,1H3,(H,19,20)/b18-11-/t12-/m1/s1. The lowest BCUT2D eigenvalue weighted by atomic mass is 10.2. The molecule has 2 rings (SSSR count). The summed E-state index contributed by atoms with van der Waals surface area (Å²) >= 11 is 3.34. The zero-order valence-corrected chi connectivity index (χ0v) is 13.1. The van der Waals surface area contributed by atoms with E-state index in [9.17, 15) is 4.79 Å². The van der Waals surface area contributed by atoms with Crippen LogP contribution in [-0.4, -0.2) is 18.2 Å². The van der Waals surface area contributed by atoms with Crippen molar-refractivity contribution in [2.24, 2.45) is 5.16 Å². The van der Waals surface area contributed by atoms with Gasteiger partial charge in [0, 0.05) is 10.2 Å². The molecule has 0 aromatic heterocycles. The van der Waals surface area contributed by atoms with Gasteiger partial charge in [-0.2, -0.15) is 0 Å². The van der Waals surface area contributed by atoms with Gasteiger partial charge in [0.15, 0.2) is 0 Å². The summed E-state index contributed by atoms with van der Waals surface area (Å²) in [5.41, 5.74) is 1.63. The van der Waals surface area contributed by atoms with Gasteiger partial charge in [-0.1, -0.05) is 51.4 Å². The van der Waals surface area contributed by atoms with Gasteiger partial charge < -0.3 is 10.2 Å². The molecule has 2 aromatic carbocycles. The molecule has 4 nitrogen and oxygen atoms in total. The number of hydrogen-bond donors (Lipinski definition) is 1. The number of carbonyl (C=O) groups excluding carboxylic acids is 1. The molecule has 0 saturated carbocycles. The number of carbonyl (C=O) groups is 1. The maximum atomic E-state index is 11.9. The van der Waals surface area contributed by atoms with E-state index in [-0.39, 0.29) is 5.91 Å². The van der Waals surface area contributed by atoms with Crippen LogP contribution in [0.15, 0.2) is 64.2 Å². The van der Waals surface area contributed by atoms with Gasteiger partial charge in [0.1, 0.15) is 0 Å². The Balaban J connectivity index is 1.85. The van der Waals surface area contributed by atoms with Crippen LogP contribution in [0.3, 0.4) is 0 Å². The Kier molecular flexibility index (Phi) is 5.51. The fourth-order valence-corrected chi connectivity index (χ4v) is 1.81. The van der Waals surface area contributed by atoms with Crippen LogP contribution < -0.4 is 5.32 Å². The molecule has 21 heavy (non-hydrogen) atoms. The van der Waals surface area contributed by atoms with Gasteiger partial charge >= 0.3 is 0 Å². The van der Waals surface area contributed by atoms with Gasteiger partial charge in [0.2, 0.25) is 6.10 Å². The summed E-state index contributed by atoms with van der Waals surface area (Å²) in [4.78, 5) is 17.1. The Hall–Kier alpha value is -2.14. The van der Waals surface area contributed by atoms with E-state index in [0.29, 0.717) is 5.69 Å². The highest BCUT2D eigenvalue weighted by atomic mass is 79.9. The van der Waals surface area contributed by atoms with E-state index in [2.05, 4.69) is 26.4 Å². The van der Waals surface area contributed by atoms with E-state index >= 15 is 0 Å². The number of hydrogen-bond acceptors (Lipinski definition) is 3. The van der Waals surface area contributed by atoms with Crippen molar-refractivity contribution in [2.45, 2.75) is 13.0 Å². The third kappa shape index (κ3) is 5.04. The Bertz CT molecular complexity index is 612. The Morgan fingerprint density at radius 3 is 2.52 bits per heavy atom. The monoisotopic (exact) mass is 346 g/mol. The Morgan fingerprint density at radius 1 is 1.19 bits per heavy atom. The topological polar surface area (TPSA) is 50.7 Å². The highest BCUT2D eigenvalue weighted by Gasteiger charge is 2.13. The number of nitrogens with one attached hydrogen (secondary N) is 1. The molecule has 5 heteroatoms. The quantitative estimate of drug-likeness (QED) is 0.660. The molecule has 0 aliphatic rings. The summed E-state index contributed by atoms with van der Waals surface area (Å²) < 4.78 is 0.956. The number of amides is 1. The number of rotatable bonds is 5. The molecule has 0 radical (unpaired) electrons. The average molecular weight is 347 g/mol. The lowest BCUT2D eigenvalue weighted by Crippen LogP contribution is -2.26. The predicted octanol–water partition coefficient (Wildman–Crippen LogP) is 3.83. The van der Waals surface area contributed by atoms with E-state index in [1.165, 1.54) is 0 Å². The van der Waals surface area contributed by atoms with E-state index in [4.69, 9.17) is 4.84 Å². The fraction of sp³-hybridized carbons (Fsp3) is 0.125. The number of anilines is 1. The second-order valence-electron chi connectivity index (χ2n) is 4.39. The van der Waals surface area contributed by atoms with Crippen molar-refractivity contribution in [1.29, 1.82) is 0 Å². The third-order valence-corrected chi connectivity index (χ3v) is 3.23. The molecule has 1 N–H and O–H groups in total. The summed E-state index contributed by atoms with van der Waals surface area (Å²) in [6, 6.07) is 16.9. The zero-order valence-electron chi connectivity index (χ0n) is 11.5. The first-order chi connectivity index (χ1) is 10.1. The molecule has 0 unspecified atom stereocenters. The Morgan fingerprint density at radius 2 is 1.86 bits per heavy atom. The lowest BCUT2D eigenvalue weighted by molar-refractivity contribution is -0.126. The predicted molar refractivity (Wildman–Crippen MR) is 87.4 cm³/mol. The van der Waals surface area contributed by atoms with E-state index in [0.717, 1.165) is 10.0 Å². The van der Waals surface area contributed by atoms with Gasteiger partial charge in [-0.25, -0.2) is 0 Å². The minimum Gasteiger partial charge on any atom is -0.383 e. The van der Waals surface area contributed by atoms with Crippen molar-refractivity contribution in [3.8, 4) is 0 Å². The van der Waals surface area contributed by atoms with E-state index in [1.807, 2.05) is 54.6 Å². The first-order valence-corrected chi connectivity index (χ1v) is 7.25. The highest BCUT2D eigenvalue weighted by Crippen LogP contribution is 2.14. The molecular formula is C16H15BrN2O2. The second kappa shape index (κ2) is 7.59. The summed E-state index contributed by atoms with van der Waals surface area (Å²) in [5, 5.41) is 6.58. The van der Waals surface area contributed by atoms with Gasteiger partial charge in [-0.3, -0.25) is 4.79 Å². The number of oxime groups is 1. The smallest absolute Gasteiger partial charge is 0.267 e. The fourth-order valence-electron chi connectivity index (χ4n) is 1.55. The summed E-state index contributed by atoms with van der Waals surface area (Å²) in [7, 11) is 0.